The van der Waals surface area contributed by atoms with Crippen LogP contribution in [0.4, 0.5) is 11.5 Å². The Labute approximate surface area is 119 Å². The molecule has 0 aliphatic heterocycles. The first-order chi connectivity index (χ1) is 8.56. The van der Waals surface area contributed by atoms with Gasteiger partial charge in [0, 0.05) is 9.13 Å². The van der Waals surface area contributed by atoms with E-state index >= 15 is 0 Å². The van der Waals surface area contributed by atoms with Gasteiger partial charge in [-0.15, -0.1) is 0 Å². The standard InChI is InChI=1S/C13H12IN3O/c1-8-5-12(16-7-11(8)15)17-13(18)9-3-2-4-10(14)6-9/h2-7H,15H2,1H3,(H,16,17,18). The maximum Gasteiger partial charge on any atom is 0.256 e. The zero-order valence-corrected chi connectivity index (χ0v) is 11.9. The summed E-state index contributed by atoms with van der Waals surface area (Å²) in [5.74, 6) is 0.329. The second kappa shape index (κ2) is 5.34. The second-order valence-electron chi connectivity index (χ2n) is 3.89. The molecule has 0 bridgehead atoms. The lowest BCUT2D eigenvalue weighted by Gasteiger charge is -2.06. The number of nitrogens with zero attached hydrogens (tertiary/aromatic N) is 1. The Morgan fingerprint density at radius 3 is 2.83 bits per heavy atom. The molecule has 0 aliphatic rings. The van der Waals surface area contributed by atoms with Crippen molar-refractivity contribution >= 4 is 40.0 Å². The summed E-state index contributed by atoms with van der Waals surface area (Å²) in [7, 11) is 0. The van der Waals surface area contributed by atoms with Crippen molar-refractivity contribution in [1.82, 2.24) is 4.98 Å². The average molecular weight is 353 g/mol. The Morgan fingerprint density at radius 1 is 1.39 bits per heavy atom. The lowest BCUT2D eigenvalue weighted by Crippen LogP contribution is -2.13. The molecule has 1 heterocycles. The smallest absolute Gasteiger partial charge is 0.256 e. The highest BCUT2D eigenvalue weighted by molar-refractivity contribution is 14.1. The lowest BCUT2D eigenvalue weighted by atomic mass is 10.2. The van der Waals surface area contributed by atoms with Crippen LogP contribution in [0.25, 0.3) is 0 Å². The fraction of sp³-hybridized carbons (Fsp3) is 0.0769. The second-order valence-corrected chi connectivity index (χ2v) is 5.14. The van der Waals surface area contributed by atoms with Crippen LogP contribution in [0.2, 0.25) is 0 Å². The summed E-state index contributed by atoms with van der Waals surface area (Å²) in [6.45, 7) is 1.87. The van der Waals surface area contributed by atoms with Crippen molar-refractivity contribution in [2.45, 2.75) is 6.92 Å². The van der Waals surface area contributed by atoms with Crippen LogP contribution >= 0.6 is 22.6 Å². The van der Waals surface area contributed by atoms with Crippen LogP contribution in [0.5, 0.6) is 0 Å². The number of anilines is 2. The monoisotopic (exact) mass is 353 g/mol. The van der Waals surface area contributed by atoms with Gasteiger partial charge in [-0.1, -0.05) is 6.07 Å². The molecule has 1 aromatic carbocycles. The highest BCUT2D eigenvalue weighted by Crippen LogP contribution is 2.14. The molecule has 0 radical (unpaired) electrons. The summed E-state index contributed by atoms with van der Waals surface area (Å²) >= 11 is 2.17. The van der Waals surface area contributed by atoms with Crippen molar-refractivity contribution in [3.05, 3.63) is 51.2 Å². The lowest BCUT2D eigenvalue weighted by molar-refractivity contribution is 0.102. The van der Waals surface area contributed by atoms with Crippen LogP contribution in [0.3, 0.4) is 0 Å². The van der Waals surface area contributed by atoms with E-state index in [0.29, 0.717) is 17.1 Å². The number of nitrogen functional groups attached to an aromatic ring is 1. The van der Waals surface area contributed by atoms with Crippen molar-refractivity contribution in [2.75, 3.05) is 11.1 Å². The number of benzene rings is 1. The third-order valence-electron chi connectivity index (χ3n) is 2.48. The molecule has 0 fully saturated rings. The number of rotatable bonds is 2. The van der Waals surface area contributed by atoms with E-state index in [9.17, 15) is 4.79 Å². The van der Waals surface area contributed by atoms with Gasteiger partial charge >= 0.3 is 0 Å². The Balaban J connectivity index is 2.18. The number of carbonyl (C=O) groups excluding carboxylic acids is 1. The van der Waals surface area contributed by atoms with E-state index in [1.54, 1.807) is 18.3 Å². The van der Waals surface area contributed by atoms with E-state index in [4.69, 9.17) is 5.73 Å². The molecule has 0 spiro atoms. The molecule has 0 atom stereocenters. The van der Waals surface area contributed by atoms with E-state index in [1.807, 2.05) is 25.1 Å². The zero-order valence-electron chi connectivity index (χ0n) is 9.77. The largest absolute Gasteiger partial charge is 0.397 e. The highest BCUT2D eigenvalue weighted by Gasteiger charge is 2.07. The molecule has 0 aliphatic carbocycles. The van der Waals surface area contributed by atoms with Crippen LogP contribution in [-0.2, 0) is 0 Å². The van der Waals surface area contributed by atoms with Gasteiger partial charge in [0.25, 0.3) is 5.91 Å². The first-order valence-electron chi connectivity index (χ1n) is 5.35. The van der Waals surface area contributed by atoms with Gasteiger partial charge in [0.05, 0.1) is 11.9 Å². The SMILES string of the molecule is Cc1cc(NC(=O)c2cccc(I)c2)ncc1N. The fourth-order valence-electron chi connectivity index (χ4n) is 1.45. The first-order valence-corrected chi connectivity index (χ1v) is 6.43. The average Bonchev–Trinajstić information content (AvgIpc) is 2.34. The van der Waals surface area contributed by atoms with Gasteiger partial charge in [-0.3, -0.25) is 4.79 Å². The van der Waals surface area contributed by atoms with Gasteiger partial charge in [0.15, 0.2) is 0 Å². The van der Waals surface area contributed by atoms with Crippen LogP contribution in [0, 0.1) is 10.5 Å². The van der Waals surface area contributed by atoms with E-state index in [1.165, 1.54) is 0 Å². The topological polar surface area (TPSA) is 68.0 Å². The van der Waals surface area contributed by atoms with E-state index in [0.717, 1.165) is 9.13 Å². The Kier molecular flexibility index (Phi) is 3.81. The summed E-state index contributed by atoms with van der Waals surface area (Å²) in [6, 6.07) is 9.12. The fourth-order valence-corrected chi connectivity index (χ4v) is 2.00. The normalized spacial score (nSPS) is 10.1. The van der Waals surface area contributed by atoms with Crippen molar-refractivity contribution in [1.29, 1.82) is 0 Å². The Morgan fingerprint density at radius 2 is 2.17 bits per heavy atom. The predicted octanol–water partition coefficient (Wildman–Crippen LogP) is 2.83. The number of nitrogens with two attached hydrogens (primary N) is 1. The number of halogens is 1. The van der Waals surface area contributed by atoms with Crippen molar-refractivity contribution in [3.8, 4) is 0 Å². The van der Waals surface area contributed by atoms with Gasteiger partial charge in [-0.2, -0.15) is 0 Å². The molecular formula is C13H12IN3O. The summed E-state index contributed by atoms with van der Waals surface area (Å²) in [5, 5.41) is 2.74. The van der Waals surface area contributed by atoms with Crippen LogP contribution in [-0.4, -0.2) is 10.9 Å². The Bertz CT molecular complexity index is 599. The minimum atomic E-state index is -0.176. The number of amides is 1. The molecule has 4 nitrogen and oxygen atoms in total. The Hall–Kier alpha value is -1.63. The summed E-state index contributed by atoms with van der Waals surface area (Å²) in [5.41, 5.74) is 7.79. The minimum Gasteiger partial charge on any atom is -0.397 e. The number of aryl methyl sites for hydroxylation is 1. The van der Waals surface area contributed by atoms with Gasteiger partial charge in [-0.25, -0.2) is 4.98 Å². The minimum absolute atomic E-state index is 0.176. The predicted molar refractivity (Wildman–Crippen MR) is 80.5 cm³/mol. The molecule has 0 saturated heterocycles. The quantitative estimate of drug-likeness (QED) is 0.816. The van der Waals surface area contributed by atoms with Crippen LogP contribution < -0.4 is 11.1 Å². The molecule has 3 N–H and O–H groups in total. The summed E-state index contributed by atoms with van der Waals surface area (Å²) in [6.07, 6.45) is 1.54. The molecule has 0 saturated carbocycles. The molecule has 92 valence electrons. The van der Waals surface area contributed by atoms with Gasteiger partial charge in [0.1, 0.15) is 5.82 Å². The van der Waals surface area contributed by atoms with Crippen LogP contribution in [0.1, 0.15) is 15.9 Å². The van der Waals surface area contributed by atoms with Crippen LogP contribution in [0.15, 0.2) is 36.5 Å². The number of hydrogen-bond donors (Lipinski definition) is 2. The third kappa shape index (κ3) is 2.98. The maximum atomic E-state index is 12.0. The summed E-state index contributed by atoms with van der Waals surface area (Å²) in [4.78, 5) is 16.0. The number of hydrogen-bond acceptors (Lipinski definition) is 3. The van der Waals surface area contributed by atoms with Gasteiger partial charge in [0.2, 0.25) is 0 Å². The first kappa shape index (κ1) is 12.8. The van der Waals surface area contributed by atoms with Crippen molar-refractivity contribution < 1.29 is 4.79 Å². The number of carbonyl (C=O) groups is 1. The molecule has 5 heteroatoms. The van der Waals surface area contributed by atoms with E-state index in [2.05, 4.69) is 32.9 Å². The zero-order chi connectivity index (χ0) is 13.1. The molecule has 0 unspecified atom stereocenters. The molecular weight excluding hydrogens is 341 g/mol. The number of nitrogens with one attached hydrogen (secondary N) is 1. The molecule has 18 heavy (non-hydrogen) atoms. The highest BCUT2D eigenvalue weighted by atomic mass is 127. The van der Waals surface area contributed by atoms with Crippen molar-refractivity contribution in [3.63, 3.8) is 0 Å². The molecule has 2 aromatic rings. The summed E-state index contributed by atoms with van der Waals surface area (Å²) < 4.78 is 1.02. The molecule has 1 aromatic heterocycles. The number of aromatic nitrogens is 1. The van der Waals surface area contributed by atoms with E-state index < -0.39 is 0 Å². The molecule has 2 rings (SSSR count). The van der Waals surface area contributed by atoms with Gasteiger partial charge < -0.3 is 11.1 Å². The van der Waals surface area contributed by atoms with Crippen molar-refractivity contribution in [2.24, 2.45) is 0 Å². The number of pyridine rings is 1. The third-order valence-corrected chi connectivity index (χ3v) is 3.15. The molecule has 1 amide bonds. The maximum absolute atomic E-state index is 12.0. The van der Waals surface area contributed by atoms with E-state index in [-0.39, 0.29) is 5.91 Å². The van der Waals surface area contributed by atoms with Gasteiger partial charge in [-0.05, 0) is 59.3 Å².